The maximum Gasteiger partial charge on any atom is 0.115 e. The van der Waals surface area contributed by atoms with E-state index >= 15 is 0 Å². The zero-order chi connectivity index (χ0) is 20.1. The zero-order valence-electron chi connectivity index (χ0n) is 15.8. The first-order valence-electron chi connectivity index (χ1n) is 9.43. The highest BCUT2D eigenvalue weighted by Crippen LogP contribution is 2.39. The molecule has 0 aliphatic carbocycles. The molecule has 0 aromatic heterocycles. The van der Waals surface area contributed by atoms with Gasteiger partial charge in [-0.3, -0.25) is 0 Å². The molecule has 0 radical (unpaired) electrons. The van der Waals surface area contributed by atoms with Crippen LogP contribution in [0.1, 0.15) is 48.3 Å². The Morgan fingerprint density at radius 2 is 0.964 bits per heavy atom. The summed E-state index contributed by atoms with van der Waals surface area (Å²) in [6.45, 7) is 1.99. The first kappa shape index (κ1) is 20.1. The molecule has 0 fully saturated rings. The lowest BCUT2D eigenvalue weighted by Gasteiger charge is -2.26. The minimum atomic E-state index is 0.0130. The van der Waals surface area contributed by atoms with Crippen LogP contribution in [0.4, 0.5) is 0 Å². The fraction of sp³-hybridized carbons (Fsp3) is 0.250. The molecule has 0 bridgehead atoms. The summed E-state index contributed by atoms with van der Waals surface area (Å²) in [6.07, 6.45) is 1.62. The second-order valence-corrected chi connectivity index (χ2v) is 8.02. The summed E-state index contributed by atoms with van der Waals surface area (Å²) >= 11 is 6.36. The van der Waals surface area contributed by atoms with Gasteiger partial charge in [-0.25, -0.2) is 0 Å². The Bertz CT molecular complexity index is 826. The largest absolute Gasteiger partial charge is 0.508 e. The highest BCUT2D eigenvalue weighted by atomic mass is 35.5. The summed E-state index contributed by atoms with van der Waals surface area (Å²) in [4.78, 5) is 0. The van der Waals surface area contributed by atoms with Crippen molar-refractivity contribution >= 4 is 11.6 Å². The van der Waals surface area contributed by atoms with Crippen molar-refractivity contribution in [2.75, 3.05) is 0 Å². The fourth-order valence-corrected chi connectivity index (χ4v) is 3.88. The number of halogens is 1. The number of hydrogen-bond acceptors (Lipinski definition) is 3. The molecule has 0 saturated heterocycles. The number of aromatic hydroxyl groups is 3. The second kappa shape index (κ2) is 9.03. The maximum absolute atomic E-state index is 9.68. The van der Waals surface area contributed by atoms with Gasteiger partial charge in [0.2, 0.25) is 0 Å². The van der Waals surface area contributed by atoms with Gasteiger partial charge in [-0.2, -0.15) is 0 Å². The molecule has 3 aromatic rings. The lowest BCUT2D eigenvalue weighted by Crippen LogP contribution is -2.11. The summed E-state index contributed by atoms with van der Waals surface area (Å²) in [5.41, 5.74) is 3.32. The number of phenols is 3. The molecule has 3 N–H and O–H groups in total. The van der Waals surface area contributed by atoms with E-state index in [0.29, 0.717) is 0 Å². The van der Waals surface area contributed by atoms with Crippen LogP contribution in [0.15, 0.2) is 72.8 Å². The van der Waals surface area contributed by atoms with Crippen molar-refractivity contribution in [1.82, 2.24) is 0 Å². The molecule has 2 unspecified atom stereocenters. The van der Waals surface area contributed by atoms with Crippen molar-refractivity contribution in [1.29, 1.82) is 0 Å². The van der Waals surface area contributed by atoms with Gasteiger partial charge >= 0.3 is 0 Å². The average Bonchev–Trinajstić information content (AvgIpc) is 2.67. The Balaban J connectivity index is 1.98. The predicted octanol–water partition coefficient (Wildman–Crippen LogP) is 6.13. The molecule has 3 rings (SSSR count). The van der Waals surface area contributed by atoms with Crippen LogP contribution in [0.5, 0.6) is 17.2 Å². The third-order valence-corrected chi connectivity index (χ3v) is 5.26. The van der Waals surface area contributed by atoms with Gasteiger partial charge in [0.15, 0.2) is 0 Å². The molecule has 0 heterocycles. The summed E-state index contributed by atoms with van der Waals surface area (Å²) in [5.74, 6) is 0.988. The van der Waals surface area contributed by atoms with Gasteiger partial charge in [-0.1, -0.05) is 36.4 Å². The normalized spacial score (nSPS) is 13.4. The number of benzene rings is 3. The van der Waals surface area contributed by atoms with Crippen LogP contribution in [-0.4, -0.2) is 20.7 Å². The third kappa shape index (κ3) is 5.20. The van der Waals surface area contributed by atoms with Gasteiger partial charge in [0.05, 0.1) is 0 Å². The first-order valence-corrected chi connectivity index (χ1v) is 9.87. The summed E-state index contributed by atoms with van der Waals surface area (Å²) in [5, 5.41) is 29.0. The van der Waals surface area contributed by atoms with E-state index in [2.05, 4.69) is 0 Å². The highest BCUT2D eigenvalue weighted by Gasteiger charge is 2.23. The van der Waals surface area contributed by atoms with Gasteiger partial charge in [0.25, 0.3) is 0 Å². The highest BCUT2D eigenvalue weighted by molar-refractivity contribution is 6.20. The molecule has 0 aliphatic heterocycles. The third-order valence-electron chi connectivity index (χ3n) is 5.08. The van der Waals surface area contributed by atoms with Crippen molar-refractivity contribution in [3.8, 4) is 17.2 Å². The van der Waals surface area contributed by atoms with Gasteiger partial charge in [-0.15, -0.1) is 11.6 Å². The molecule has 3 aromatic carbocycles. The lowest BCUT2D eigenvalue weighted by molar-refractivity contribution is 0.473. The van der Waals surface area contributed by atoms with E-state index in [1.807, 2.05) is 43.3 Å². The molecular weight excluding hydrogens is 372 g/mol. The van der Waals surface area contributed by atoms with Crippen molar-refractivity contribution < 1.29 is 15.3 Å². The van der Waals surface area contributed by atoms with Gasteiger partial charge < -0.3 is 15.3 Å². The predicted molar refractivity (Wildman–Crippen MR) is 113 cm³/mol. The Hall–Kier alpha value is -2.65. The van der Waals surface area contributed by atoms with Crippen LogP contribution >= 0.6 is 11.6 Å². The summed E-state index contributed by atoms with van der Waals surface area (Å²) in [6, 6.07) is 21.8. The molecule has 2 atom stereocenters. The Morgan fingerprint density at radius 3 is 1.32 bits per heavy atom. The van der Waals surface area contributed by atoms with Crippen LogP contribution in [0.25, 0.3) is 0 Å². The van der Waals surface area contributed by atoms with Gasteiger partial charge in [0.1, 0.15) is 17.2 Å². The Kier molecular flexibility index (Phi) is 6.48. The second-order valence-electron chi connectivity index (χ2n) is 7.28. The molecule has 0 spiro atoms. The Morgan fingerprint density at radius 1 is 0.607 bits per heavy atom. The average molecular weight is 397 g/mol. The number of phenolic OH excluding ortho intramolecular Hbond substituents is 3. The van der Waals surface area contributed by atoms with E-state index in [1.54, 1.807) is 36.4 Å². The monoisotopic (exact) mass is 396 g/mol. The molecule has 146 valence electrons. The van der Waals surface area contributed by atoms with E-state index in [1.165, 1.54) is 0 Å². The van der Waals surface area contributed by atoms with Gasteiger partial charge in [0, 0.05) is 11.3 Å². The molecule has 0 saturated carbocycles. The quantitative estimate of drug-likeness (QED) is 0.421. The van der Waals surface area contributed by atoms with E-state index in [4.69, 9.17) is 11.6 Å². The van der Waals surface area contributed by atoms with Gasteiger partial charge in [-0.05, 0) is 78.8 Å². The number of alkyl halides is 1. The first-order chi connectivity index (χ1) is 13.4. The van der Waals surface area contributed by atoms with Crippen molar-refractivity contribution in [2.24, 2.45) is 0 Å². The van der Waals surface area contributed by atoms with E-state index < -0.39 is 0 Å². The number of hydrogen-bond donors (Lipinski definition) is 3. The van der Waals surface area contributed by atoms with Crippen molar-refractivity contribution in [3.63, 3.8) is 0 Å². The summed E-state index contributed by atoms with van der Waals surface area (Å²) in [7, 11) is 0. The summed E-state index contributed by atoms with van der Waals surface area (Å²) < 4.78 is 0. The SMILES string of the molecule is CC(Cl)CC(CC(c1ccc(O)cc1)c1ccc(O)cc1)c1ccc(O)cc1. The minimum Gasteiger partial charge on any atom is -0.508 e. The van der Waals surface area contributed by atoms with Crippen LogP contribution in [-0.2, 0) is 0 Å². The van der Waals surface area contributed by atoms with Crippen LogP contribution in [0.2, 0.25) is 0 Å². The maximum atomic E-state index is 9.68. The van der Waals surface area contributed by atoms with E-state index in [-0.39, 0.29) is 34.5 Å². The van der Waals surface area contributed by atoms with Crippen LogP contribution in [0.3, 0.4) is 0 Å². The van der Waals surface area contributed by atoms with E-state index in [9.17, 15) is 15.3 Å². The molecular formula is C24H25ClO3. The zero-order valence-corrected chi connectivity index (χ0v) is 16.6. The lowest BCUT2D eigenvalue weighted by atomic mass is 9.79. The molecule has 3 nitrogen and oxygen atoms in total. The molecule has 0 amide bonds. The Labute approximate surface area is 170 Å². The van der Waals surface area contributed by atoms with Crippen LogP contribution < -0.4 is 0 Å². The minimum absolute atomic E-state index is 0.0130. The van der Waals surface area contributed by atoms with Crippen LogP contribution in [0, 0.1) is 0 Å². The molecule has 4 heteroatoms. The standard InChI is InChI=1S/C24H25ClO3/c1-16(25)14-20(17-2-8-21(26)9-3-17)15-24(18-4-10-22(27)11-5-18)19-6-12-23(28)13-7-19/h2-13,16,20,24,26-28H,14-15H2,1H3. The fourth-order valence-electron chi connectivity index (χ4n) is 3.67. The number of rotatable bonds is 7. The van der Waals surface area contributed by atoms with Crippen molar-refractivity contribution in [2.45, 2.75) is 37.0 Å². The van der Waals surface area contributed by atoms with E-state index in [0.717, 1.165) is 29.5 Å². The topological polar surface area (TPSA) is 60.7 Å². The molecule has 28 heavy (non-hydrogen) atoms. The van der Waals surface area contributed by atoms with Crippen molar-refractivity contribution in [3.05, 3.63) is 89.5 Å². The smallest absolute Gasteiger partial charge is 0.115 e. The molecule has 0 aliphatic rings.